The number of hydrogen-bond donors (Lipinski definition) is 6. The summed E-state index contributed by atoms with van der Waals surface area (Å²) < 4.78 is 16.7. The topological polar surface area (TPSA) is 175 Å². The van der Waals surface area contributed by atoms with Crippen LogP contribution in [0.4, 0.5) is 0 Å². The van der Waals surface area contributed by atoms with E-state index in [2.05, 4.69) is 43.5 Å². The van der Waals surface area contributed by atoms with Gasteiger partial charge in [-0.1, -0.05) is 243 Å². The van der Waals surface area contributed by atoms with Crippen LogP contribution in [0.3, 0.4) is 0 Å². The summed E-state index contributed by atoms with van der Waals surface area (Å²) in [5.41, 5.74) is 0. The number of esters is 1. The molecule has 1 fully saturated rings. The lowest BCUT2D eigenvalue weighted by molar-refractivity contribution is -0.302. The molecule has 0 saturated carbocycles. The molecule has 0 spiro atoms. The lowest BCUT2D eigenvalue weighted by atomic mass is 9.99. The van der Waals surface area contributed by atoms with Crippen LogP contribution in [0, 0.1) is 0 Å². The van der Waals surface area contributed by atoms with Gasteiger partial charge < -0.3 is 45.1 Å². The predicted octanol–water partition coefficient (Wildman–Crippen LogP) is 15.5. The summed E-state index contributed by atoms with van der Waals surface area (Å²) in [5.74, 6) is -0.190. The van der Waals surface area contributed by atoms with Crippen molar-refractivity contribution in [2.75, 3.05) is 19.8 Å². The summed E-state index contributed by atoms with van der Waals surface area (Å²) in [4.78, 5) is 25.0. The molecule has 0 aliphatic carbocycles. The fourth-order valence-electron chi connectivity index (χ4n) is 10.1. The molecule has 0 aromatic carbocycles. The SMILES string of the molecule is CCCCCC/C=C\CCCCCCCC(=O)OCCCCCCCCCCCCCC/C=C\CCCCCCCCCCCCC(=O)NC(COC1OC(CO)C(O)C(O)C1O)C(O)/C=C/CCCCCCCCC. The molecule has 1 saturated heterocycles. The fraction of sp³-hybridized carbons (Fsp3) is 0.877. The summed E-state index contributed by atoms with van der Waals surface area (Å²) in [7, 11) is 0. The number of amides is 1. The number of aliphatic hydroxyl groups excluding tert-OH is 5. The van der Waals surface area contributed by atoms with Crippen LogP contribution in [0.1, 0.15) is 303 Å². The first-order valence-corrected chi connectivity index (χ1v) is 32.3. The molecule has 0 radical (unpaired) electrons. The molecule has 0 bridgehead atoms. The third kappa shape index (κ3) is 43.7. The summed E-state index contributed by atoms with van der Waals surface area (Å²) in [6.45, 7) is 4.31. The van der Waals surface area contributed by atoms with Gasteiger partial charge in [0, 0.05) is 12.8 Å². The van der Waals surface area contributed by atoms with Gasteiger partial charge in [-0.05, 0) is 83.5 Å². The second-order valence-corrected chi connectivity index (χ2v) is 22.5. The Labute approximate surface area is 466 Å². The zero-order valence-electron chi connectivity index (χ0n) is 49.2. The van der Waals surface area contributed by atoms with E-state index in [0.717, 1.165) is 57.8 Å². The van der Waals surface area contributed by atoms with Crippen molar-refractivity contribution in [2.24, 2.45) is 0 Å². The molecule has 11 nitrogen and oxygen atoms in total. The number of carbonyl (C=O) groups excluding carboxylic acids is 2. The van der Waals surface area contributed by atoms with Crippen LogP contribution in [0.15, 0.2) is 36.5 Å². The summed E-state index contributed by atoms with van der Waals surface area (Å²) in [6.07, 6.45) is 58.4. The van der Waals surface area contributed by atoms with Gasteiger partial charge in [0.2, 0.25) is 5.91 Å². The predicted molar refractivity (Wildman–Crippen MR) is 315 cm³/mol. The third-order valence-corrected chi connectivity index (χ3v) is 15.2. The number of hydrogen-bond acceptors (Lipinski definition) is 10. The minimum Gasteiger partial charge on any atom is -0.466 e. The molecule has 0 aromatic rings. The van der Waals surface area contributed by atoms with Crippen molar-refractivity contribution in [2.45, 2.75) is 346 Å². The number of nitrogens with one attached hydrogen (secondary N) is 1. The summed E-state index contributed by atoms with van der Waals surface area (Å²) in [5, 5.41) is 54.2. The zero-order valence-corrected chi connectivity index (χ0v) is 49.2. The molecule has 76 heavy (non-hydrogen) atoms. The van der Waals surface area contributed by atoms with E-state index in [0.29, 0.717) is 19.4 Å². The van der Waals surface area contributed by atoms with Gasteiger partial charge in [0.25, 0.3) is 0 Å². The Kier molecular flexibility index (Phi) is 51.9. The van der Waals surface area contributed by atoms with E-state index in [1.807, 2.05) is 6.08 Å². The molecule has 0 aromatic heterocycles. The number of carbonyl (C=O) groups is 2. The maximum atomic E-state index is 13.0. The van der Waals surface area contributed by atoms with Crippen LogP contribution in [-0.4, -0.2) is 100 Å². The number of ether oxygens (including phenoxy) is 3. The molecule has 1 aliphatic rings. The minimum atomic E-state index is -1.57. The maximum absolute atomic E-state index is 13.0. The van der Waals surface area contributed by atoms with Crippen LogP contribution >= 0.6 is 0 Å². The highest BCUT2D eigenvalue weighted by molar-refractivity contribution is 5.76. The maximum Gasteiger partial charge on any atom is 0.305 e. The van der Waals surface area contributed by atoms with Crippen LogP contribution in [0.25, 0.3) is 0 Å². The van der Waals surface area contributed by atoms with Gasteiger partial charge in [-0.2, -0.15) is 0 Å². The molecule has 1 heterocycles. The Morgan fingerprint density at radius 2 is 0.842 bits per heavy atom. The minimum absolute atomic E-state index is 0.00516. The average Bonchev–Trinajstić information content (AvgIpc) is 3.42. The monoisotopic (exact) mass is 1080 g/mol. The van der Waals surface area contributed by atoms with E-state index in [1.165, 1.54) is 218 Å². The van der Waals surface area contributed by atoms with Crippen molar-refractivity contribution < 1.29 is 49.3 Å². The molecule has 446 valence electrons. The first kappa shape index (κ1) is 71.9. The van der Waals surface area contributed by atoms with E-state index < -0.39 is 49.5 Å². The first-order chi connectivity index (χ1) is 37.2. The van der Waals surface area contributed by atoms with Gasteiger partial charge in [0.1, 0.15) is 24.4 Å². The standard InChI is InChI=1S/C65H121NO10/c1-3-5-7-9-11-13-14-29-33-37-41-45-49-53-61(70)74-54-50-46-42-38-34-31-28-26-24-22-20-18-16-15-17-19-21-23-25-27-30-32-36-40-44-48-52-60(69)66-57(58(68)51-47-43-39-35-12-10-8-6-4-2)56-75-65-64(73)63(72)62(71)59(55-67)76-65/h13-15,17,47,51,57-59,62-65,67-68,71-73H,3-12,16,18-46,48-50,52-56H2,1-2H3,(H,66,69)/b14-13-,17-15-,51-47+. The van der Waals surface area contributed by atoms with Gasteiger partial charge in [-0.25, -0.2) is 0 Å². The zero-order chi connectivity index (χ0) is 55.2. The Balaban J connectivity index is 1.97. The molecule has 7 unspecified atom stereocenters. The first-order valence-electron chi connectivity index (χ1n) is 32.3. The van der Waals surface area contributed by atoms with Crippen molar-refractivity contribution in [3.05, 3.63) is 36.5 Å². The number of rotatable bonds is 56. The van der Waals surface area contributed by atoms with Gasteiger partial charge in [0.15, 0.2) is 6.29 Å². The molecule has 1 amide bonds. The van der Waals surface area contributed by atoms with Crippen molar-refractivity contribution >= 4 is 11.9 Å². The van der Waals surface area contributed by atoms with Crippen LogP contribution in [0.2, 0.25) is 0 Å². The van der Waals surface area contributed by atoms with E-state index in [9.17, 15) is 35.1 Å². The van der Waals surface area contributed by atoms with Crippen molar-refractivity contribution in [1.29, 1.82) is 0 Å². The summed E-state index contributed by atoms with van der Waals surface area (Å²) in [6, 6.07) is -0.810. The number of unbranched alkanes of at least 4 members (excludes halogenated alkanes) is 38. The van der Waals surface area contributed by atoms with E-state index in [1.54, 1.807) is 6.08 Å². The Morgan fingerprint density at radius 1 is 0.474 bits per heavy atom. The van der Waals surface area contributed by atoms with Crippen LogP contribution in [-0.2, 0) is 23.8 Å². The Hall–Kier alpha value is -2.12. The van der Waals surface area contributed by atoms with Crippen LogP contribution in [0.5, 0.6) is 0 Å². The van der Waals surface area contributed by atoms with Crippen molar-refractivity contribution in [3.8, 4) is 0 Å². The van der Waals surface area contributed by atoms with E-state index >= 15 is 0 Å². The summed E-state index contributed by atoms with van der Waals surface area (Å²) >= 11 is 0. The van der Waals surface area contributed by atoms with E-state index in [4.69, 9.17) is 14.2 Å². The second-order valence-electron chi connectivity index (χ2n) is 22.5. The average molecular weight is 1080 g/mol. The van der Waals surface area contributed by atoms with E-state index in [-0.39, 0.29) is 18.5 Å². The molecule has 1 rings (SSSR count). The Morgan fingerprint density at radius 3 is 1.28 bits per heavy atom. The molecular weight excluding hydrogens is 955 g/mol. The van der Waals surface area contributed by atoms with Gasteiger partial charge in [-0.15, -0.1) is 0 Å². The smallest absolute Gasteiger partial charge is 0.305 e. The van der Waals surface area contributed by atoms with Gasteiger partial charge in [-0.3, -0.25) is 9.59 Å². The van der Waals surface area contributed by atoms with Crippen molar-refractivity contribution in [3.63, 3.8) is 0 Å². The van der Waals surface area contributed by atoms with Crippen LogP contribution < -0.4 is 5.32 Å². The highest BCUT2D eigenvalue weighted by Crippen LogP contribution is 2.23. The van der Waals surface area contributed by atoms with Crippen molar-refractivity contribution in [1.82, 2.24) is 5.32 Å². The fourth-order valence-corrected chi connectivity index (χ4v) is 10.1. The lowest BCUT2D eigenvalue weighted by Gasteiger charge is -2.40. The number of aliphatic hydroxyl groups is 5. The van der Waals surface area contributed by atoms with Gasteiger partial charge >= 0.3 is 5.97 Å². The molecule has 7 atom stereocenters. The lowest BCUT2D eigenvalue weighted by Crippen LogP contribution is -2.60. The number of allylic oxidation sites excluding steroid dienone is 5. The highest BCUT2D eigenvalue weighted by Gasteiger charge is 2.44. The second kappa shape index (κ2) is 54.8. The quantitative estimate of drug-likeness (QED) is 0.0195. The Bertz CT molecular complexity index is 1360. The highest BCUT2D eigenvalue weighted by atomic mass is 16.7. The largest absolute Gasteiger partial charge is 0.466 e. The molecule has 6 N–H and O–H groups in total. The molecular formula is C65H121NO10. The molecule has 11 heteroatoms. The van der Waals surface area contributed by atoms with Gasteiger partial charge in [0.05, 0.1) is 32.0 Å². The normalized spacial score (nSPS) is 18.9. The molecule has 1 aliphatic heterocycles. The third-order valence-electron chi connectivity index (χ3n) is 15.2.